The van der Waals surface area contributed by atoms with E-state index in [0.717, 1.165) is 30.0 Å². The van der Waals surface area contributed by atoms with Crippen molar-refractivity contribution in [3.05, 3.63) is 36.8 Å². The monoisotopic (exact) mass is 381 g/mol. The van der Waals surface area contributed by atoms with E-state index < -0.39 is 12.3 Å². The topological polar surface area (TPSA) is 93.1 Å². The Balaban J connectivity index is 1.37. The number of phenols is 1. The van der Waals surface area contributed by atoms with Gasteiger partial charge in [-0.15, -0.1) is 5.10 Å². The van der Waals surface area contributed by atoms with Crippen LogP contribution in [-0.2, 0) is 0 Å². The summed E-state index contributed by atoms with van der Waals surface area (Å²) in [6, 6.07) is 5.48. The van der Waals surface area contributed by atoms with Gasteiger partial charge in [0.25, 0.3) is 0 Å². The number of ether oxygens (including phenoxy) is 1. The van der Waals surface area contributed by atoms with Crippen LogP contribution in [-0.4, -0.2) is 49.6 Å². The number of aromatic hydroxyl groups is 1. The zero-order chi connectivity index (χ0) is 19.1. The highest BCUT2D eigenvalue weighted by Gasteiger charge is 2.41. The summed E-state index contributed by atoms with van der Waals surface area (Å²) >= 11 is 0. The third-order valence-electron chi connectivity index (χ3n) is 5.60. The number of aromatic nitrogens is 4. The molecular weight excluding hydrogens is 361 g/mol. The predicted octanol–water partition coefficient (Wildman–Crippen LogP) is 2.79. The molecule has 1 aromatic carbocycles. The van der Waals surface area contributed by atoms with Gasteiger partial charge < -0.3 is 15.2 Å². The lowest BCUT2D eigenvalue weighted by Gasteiger charge is -2.42. The summed E-state index contributed by atoms with van der Waals surface area (Å²) in [7, 11) is 0. The van der Waals surface area contributed by atoms with E-state index in [1.807, 2.05) is 12.1 Å². The molecule has 2 saturated heterocycles. The molecule has 5 rings (SSSR count). The fraction of sp³-hybridized carbons (Fsp3) is 0.400. The Labute approximate surface area is 161 Å². The zero-order valence-corrected chi connectivity index (χ0v) is 15.1. The van der Waals surface area contributed by atoms with Gasteiger partial charge in [-0.05, 0) is 36.4 Å². The maximum absolute atomic E-state index is 14.6. The molecule has 4 atom stereocenters. The van der Waals surface area contributed by atoms with Crippen molar-refractivity contribution in [3.63, 3.8) is 0 Å². The molecule has 0 spiro atoms. The van der Waals surface area contributed by atoms with Gasteiger partial charge >= 0.3 is 6.01 Å². The first-order valence-electron chi connectivity index (χ1n) is 9.51. The molecule has 0 saturated carbocycles. The highest BCUT2D eigenvalue weighted by atomic mass is 19.1. The van der Waals surface area contributed by atoms with Crippen molar-refractivity contribution in [1.82, 2.24) is 25.5 Å². The van der Waals surface area contributed by atoms with Crippen LogP contribution in [0.4, 0.5) is 4.39 Å². The molecule has 8 heteroatoms. The molecule has 2 aliphatic rings. The van der Waals surface area contributed by atoms with Crippen molar-refractivity contribution in [2.45, 2.75) is 50.0 Å². The zero-order valence-electron chi connectivity index (χ0n) is 15.1. The first-order valence-corrected chi connectivity index (χ1v) is 9.51. The normalized spacial score (nSPS) is 26.9. The molecule has 0 amide bonds. The summed E-state index contributed by atoms with van der Waals surface area (Å²) in [4.78, 5) is 8.24. The number of halogens is 1. The van der Waals surface area contributed by atoms with Crippen LogP contribution in [0.3, 0.4) is 0 Å². The molecular formula is C20H20FN5O2. The number of nitrogens with zero attached hydrogens (tertiary/aromatic N) is 4. The summed E-state index contributed by atoms with van der Waals surface area (Å²) in [5.41, 5.74) is 0.938. The van der Waals surface area contributed by atoms with Crippen molar-refractivity contribution in [3.8, 4) is 23.0 Å². The minimum Gasteiger partial charge on any atom is -0.507 e. The van der Waals surface area contributed by atoms with Crippen LogP contribution in [0.1, 0.15) is 25.7 Å². The standard InChI is InChI=1S/C20H20FN5O2/c21-19-15-3-1-2-13(24-15)8-18(19)28-20-23-10-16(25-26-20)14-6-11-4-5-22-9-12(11)7-17(14)27/h4-7,9-10,13,15,18-19,24,27H,1-3,8H2/t13-,15+,18-,19-/m1/s1. The van der Waals surface area contributed by atoms with Crippen LogP contribution in [0.5, 0.6) is 11.8 Å². The van der Waals surface area contributed by atoms with E-state index in [-0.39, 0.29) is 23.8 Å². The van der Waals surface area contributed by atoms with Gasteiger partial charge in [0, 0.05) is 41.8 Å². The van der Waals surface area contributed by atoms with Gasteiger partial charge in [-0.25, -0.2) is 9.37 Å². The van der Waals surface area contributed by atoms with Crippen LogP contribution in [0.2, 0.25) is 0 Å². The number of benzene rings is 1. The van der Waals surface area contributed by atoms with Gasteiger partial charge in [-0.1, -0.05) is 11.5 Å². The van der Waals surface area contributed by atoms with Crippen LogP contribution in [0.15, 0.2) is 36.8 Å². The number of piperidine rings is 2. The molecule has 0 aliphatic carbocycles. The van der Waals surface area contributed by atoms with E-state index in [1.165, 1.54) is 6.20 Å². The van der Waals surface area contributed by atoms with E-state index in [9.17, 15) is 9.50 Å². The lowest BCUT2D eigenvalue weighted by Crippen LogP contribution is -2.59. The number of nitrogens with one attached hydrogen (secondary N) is 1. The van der Waals surface area contributed by atoms with Gasteiger partial charge in [0.2, 0.25) is 0 Å². The maximum Gasteiger partial charge on any atom is 0.336 e. The van der Waals surface area contributed by atoms with Crippen LogP contribution in [0, 0.1) is 0 Å². The summed E-state index contributed by atoms with van der Waals surface area (Å²) in [6.07, 6.45) is 6.72. The smallest absolute Gasteiger partial charge is 0.336 e. The average Bonchev–Trinajstić information content (AvgIpc) is 2.72. The molecule has 28 heavy (non-hydrogen) atoms. The number of hydrogen-bond acceptors (Lipinski definition) is 7. The number of alkyl halides is 1. The molecule has 2 aromatic heterocycles. The molecule has 2 fully saturated rings. The predicted molar refractivity (Wildman–Crippen MR) is 101 cm³/mol. The second-order valence-electron chi connectivity index (χ2n) is 7.46. The number of rotatable bonds is 3. The van der Waals surface area contributed by atoms with Gasteiger partial charge in [-0.2, -0.15) is 0 Å². The summed E-state index contributed by atoms with van der Waals surface area (Å²) < 4.78 is 20.4. The first-order chi connectivity index (χ1) is 13.7. The molecule has 0 radical (unpaired) electrons. The molecule has 2 bridgehead atoms. The van der Waals surface area contributed by atoms with Crippen molar-refractivity contribution < 1.29 is 14.2 Å². The minimum absolute atomic E-state index is 0.0563. The molecule has 4 heterocycles. The van der Waals surface area contributed by atoms with Crippen LogP contribution < -0.4 is 10.1 Å². The average molecular weight is 381 g/mol. The van der Waals surface area contributed by atoms with E-state index in [4.69, 9.17) is 4.74 Å². The number of pyridine rings is 1. The van der Waals surface area contributed by atoms with E-state index in [1.54, 1.807) is 18.5 Å². The van der Waals surface area contributed by atoms with Crippen molar-refractivity contribution in [1.29, 1.82) is 0 Å². The van der Waals surface area contributed by atoms with Gasteiger partial charge in [0.1, 0.15) is 17.5 Å². The Morgan fingerprint density at radius 1 is 1.14 bits per heavy atom. The minimum atomic E-state index is -1.09. The molecule has 144 valence electrons. The molecule has 3 aromatic rings. The SMILES string of the molecule is Oc1cc2cnccc2cc1-c1cnc(O[C@@H]2C[C@H]3CCC[C@H](N3)[C@H]2F)nn1. The largest absolute Gasteiger partial charge is 0.507 e. The Hall–Kier alpha value is -2.87. The van der Waals surface area contributed by atoms with E-state index in [0.29, 0.717) is 17.7 Å². The Morgan fingerprint density at radius 2 is 2.07 bits per heavy atom. The highest BCUT2D eigenvalue weighted by Crippen LogP contribution is 2.32. The Kier molecular flexibility index (Phi) is 4.27. The number of hydrogen-bond donors (Lipinski definition) is 2. The van der Waals surface area contributed by atoms with Crippen LogP contribution in [0.25, 0.3) is 22.0 Å². The summed E-state index contributed by atoms with van der Waals surface area (Å²) in [5, 5.41) is 23.5. The summed E-state index contributed by atoms with van der Waals surface area (Å²) in [5.74, 6) is 0.0697. The number of fused-ring (bicyclic) bond motifs is 3. The molecule has 2 aliphatic heterocycles. The van der Waals surface area contributed by atoms with Crippen LogP contribution >= 0.6 is 0 Å². The highest BCUT2D eigenvalue weighted by molar-refractivity contribution is 5.89. The Bertz CT molecular complexity index is 1000. The second kappa shape index (κ2) is 6.94. The molecule has 7 nitrogen and oxygen atoms in total. The second-order valence-corrected chi connectivity index (χ2v) is 7.46. The molecule has 2 N–H and O–H groups in total. The third kappa shape index (κ3) is 3.13. The van der Waals surface area contributed by atoms with Gasteiger partial charge in [0.05, 0.1) is 6.20 Å². The van der Waals surface area contributed by atoms with Crippen molar-refractivity contribution in [2.75, 3.05) is 0 Å². The Morgan fingerprint density at radius 3 is 2.93 bits per heavy atom. The summed E-state index contributed by atoms with van der Waals surface area (Å²) in [6.45, 7) is 0. The quantitative estimate of drug-likeness (QED) is 0.721. The van der Waals surface area contributed by atoms with Gasteiger partial charge in [0.15, 0.2) is 6.17 Å². The van der Waals surface area contributed by atoms with Crippen molar-refractivity contribution >= 4 is 10.8 Å². The fourth-order valence-corrected chi connectivity index (χ4v) is 4.18. The van der Waals surface area contributed by atoms with Crippen molar-refractivity contribution in [2.24, 2.45) is 0 Å². The lowest BCUT2D eigenvalue weighted by atomic mass is 9.84. The molecule has 0 unspecified atom stereocenters. The first kappa shape index (κ1) is 17.2. The third-order valence-corrected chi connectivity index (χ3v) is 5.60. The number of phenolic OH excluding ortho intramolecular Hbond substituents is 1. The van der Waals surface area contributed by atoms with E-state index in [2.05, 4.69) is 25.5 Å². The maximum atomic E-state index is 14.6. The van der Waals surface area contributed by atoms with E-state index >= 15 is 0 Å². The fourth-order valence-electron chi connectivity index (χ4n) is 4.18. The van der Waals surface area contributed by atoms with Gasteiger partial charge in [-0.3, -0.25) is 4.98 Å². The lowest BCUT2D eigenvalue weighted by molar-refractivity contribution is 0.00387.